The first-order chi connectivity index (χ1) is 7.23. The van der Waals surface area contributed by atoms with E-state index in [-0.39, 0.29) is 5.69 Å². The van der Waals surface area contributed by atoms with Crippen LogP contribution < -0.4 is 9.67 Å². The van der Waals surface area contributed by atoms with Crippen molar-refractivity contribution in [3.05, 3.63) is 17.7 Å². The van der Waals surface area contributed by atoms with Crippen molar-refractivity contribution in [2.24, 2.45) is 0 Å². The van der Waals surface area contributed by atoms with Crippen LogP contribution in [0.1, 0.15) is 12.5 Å². The van der Waals surface area contributed by atoms with Gasteiger partial charge in [0.15, 0.2) is 0 Å². The van der Waals surface area contributed by atoms with Crippen molar-refractivity contribution in [2.75, 3.05) is 5.32 Å². The predicted molar refractivity (Wildman–Crippen MR) is 57.7 cm³/mol. The molecule has 1 rings (SSSR count). The molecule has 4 N–H and O–H groups in total. The van der Waals surface area contributed by atoms with Gasteiger partial charge in [0.05, 0.1) is 0 Å². The van der Waals surface area contributed by atoms with Gasteiger partial charge in [-0.15, -0.1) is 0 Å². The number of amides is 1. The van der Waals surface area contributed by atoms with Gasteiger partial charge >= 0.3 is 94.6 Å². The zero-order valence-corrected chi connectivity index (χ0v) is 10.6. The number of aryl methyl sites for hydroxylation is 1. The molecule has 6 nitrogen and oxygen atoms in total. The number of carbonyl (C=O) groups excluding carboxylic acids is 1. The summed E-state index contributed by atoms with van der Waals surface area (Å²) < 4.78 is 29.1. The quantitative estimate of drug-likeness (QED) is 0.534. The number of phenolic OH excluding ortho intramolecular Hbond substituents is 1. The molecule has 0 heterocycles. The molecule has 1 aromatic carbocycles. The zero-order chi connectivity index (χ0) is 12.5. The summed E-state index contributed by atoms with van der Waals surface area (Å²) in [4.78, 5) is 10.8. The SMILES string of the molecule is CC(=O)Nc1ccc(C)c(O)c1[As](=O)(O)O. The molecule has 0 spiro atoms. The van der Waals surface area contributed by atoms with E-state index >= 15 is 0 Å². The number of anilines is 1. The van der Waals surface area contributed by atoms with Crippen LogP contribution in [-0.4, -0.2) is 33.4 Å². The predicted octanol–water partition coefficient (Wildman–Crippen LogP) is -0.780. The van der Waals surface area contributed by atoms with Crippen molar-refractivity contribution in [3.63, 3.8) is 0 Å². The molecule has 0 aliphatic heterocycles. The summed E-state index contributed by atoms with van der Waals surface area (Å²) in [6, 6.07) is 2.82. The average Bonchev–Trinajstić information content (AvgIpc) is 2.08. The summed E-state index contributed by atoms with van der Waals surface area (Å²) >= 11 is -5.28. The summed E-state index contributed by atoms with van der Waals surface area (Å²) in [5, 5.41) is 11.9. The molecule has 0 atom stereocenters. The van der Waals surface area contributed by atoms with Crippen LogP contribution in [-0.2, 0) is 8.53 Å². The van der Waals surface area contributed by atoms with Gasteiger partial charge in [0, 0.05) is 0 Å². The first-order valence-corrected chi connectivity index (χ1v) is 7.78. The van der Waals surface area contributed by atoms with E-state index in [1.807, 2.05) is 0 Å². The summed E-state index contributed by atoms with van der Waals surface area (Å²) in [5.74, 6) is -0.938. The Morgan fingerprint density at radius 3 is 2.38 bits per heavy atom. The maximum atomic E-state index is 11.3. The van der Waals surface area contributed by atoms with Crippen LogP contribution in [0.25, 0.3) is 0 Å². The Labute approximate surface area is 94.9 Å². The number of hydrogen-bond acceptors (Lipinski definition) is 3. The van der Waals surface area contributed by atoms with Crippen LogP contribution in [0.2, 0.25) is 0 Å². The number of nitrogens with one attached hydrogen (secondary N) is 1. The monoisotopic (exact) mass is 289 g/mol. The summed E-state index contributed by atoms with van der Waals surface area (Å²) in [5.41, 5.74) is 0.289. The third-order valence-electron chi connectivity index (χ3n) is 1.95. The van der Waals surface area contributed by atoms with Gasteiger partial charge in [0.25, 0.3) is 0 Å². The molecular weight excluding hydrogens is 277 g/mol. The van der Waals surface area contributed by atoms with Crippen molar-refractivity contribution in [1.29, 1.82) is 0 Å². The number of rotatable bonds is 2. The van der Waals surface area contributed by atoms with Gasteiger partial charge in [-0.2, -0.15) is 0 Å². The van der Waals surface area contributed by atoms with E-state index in [0.717, 1.165) is 0 Å². The van der Waals surface area contributed by atoms with Gasteiger partial charge in [-0.1, -0.05) is 0 Å². The molecule has 1 amide bonds. The fourth-order valence-electron chi connectivity index (χ4n) is 1.27. The van der Waals surface area contributed by atoms with Crippen LogP contribution in [0.5, 0.6) is 5.75 Å². The fourth-order valence-corrected chi connectivity index (χ4v) is 3.15. The second-order valence-corrected chi connectivity index (χ2v) is 6.57. The van der Waals surface area contributed by atoms with E-state index in [1.54, 1.807) is 0 Å². The Balaban J connectivity index is 3.45. The molecular formula is C9H12AsNO5. The zero-order valence-electron chi connectivity index (χ0n) is 8.76. The third kappa shape index (κ3) is 2.66. The van der Waals surface area contributed by atoms with E-state index in [0.29, 0.717) is 5.56 Å². The van der Waals surface area contributed by atoms with Crippen molar-refractivity contribution >= 4 is 30.1 Å². The molecule has 0 saturated carbocycles. The second-order valence-electron chi connectivity index (χ2n) is 3.35. The number of phenols is 1. The van der Waals surface area contributed by atoms with Gasteiger partial charge < -0.3 is 0 Å². The van der Waals surface area contributed by atoms with Gasteiger partial charge in [0.1, 0.15) is 0 Å². The molecule has 0 unspecified atom stereocenters. The molecule has 0 aromatic heterocycles. The van der Waals surface area contributed by atoms with E-state index in [9.17, 15) is 13.6 Å². The van der Waals surface area contributed by atoms with Crippen LogP contribution in [0.4, 0.5) is 5.69 Å². The molecule has 0 aliphatic rings. The summed E-state index contributed by atoms with van der Waals surface area (Å²) in [6.07, 6.45) is 0. The van der Waals surface area contributed by atoms with Crippen molar-refractivity contribution in [2.45, 2.75) is 13.8 Å². The first-order valence-electron chi connectivity index (χ1n) is 4.39. The Bertz CT molecular complexity index is 479. The molecule has 1 aromatic rings. The minimum absolute atomic E-state index is 0.0527. The van der Waals surface area contributed by atoms with E-state index in [2.05, 4.69) is 5.32 Å². The van der Waals surface area contributed by atoms with Crippen LogP contribution >= 0.6 is 0 Å². The van der Waals surface area contributed by atoms with Crippen molar-refractivity contribution in [3.8, 4) is 5.75 Å². The Morgan fingerprint density at radius 2 is 1.94 bits per heavy atom. The maximum absolute atomic E-state index is 11.3. The van der Waals surface area contributed by atoms with Gasteiger partial charge in [-0.05, 0) is 0 Å². The van der Waals surface area contributed by atoms with Crippen molar-refractivity contribution in [1.82, 2.24) is 0 Å². The molecule has 7 heteroatoms. The number of benzene rings is 1. The molecule has 0 saturated heterocycles. The first kappa shape index (κ1) is 12.8. The minimum atomic E-state index is -5.28. The normalized spacial score (nSPS) is 11.2. The van der Waals surface area contributed by atoms with Gasteiger partial charge in [0.2, 0.25) is 0 Å². The molecule has 0 radical (unpaired) electrons. The van der Waals surface area contributed by atoms with E-state index < -0.39 is 30.2 Å². The Kier molecular flexibility index (Phi) is 3.47. The summed E-state index contributed by atoms with van der Waals surface area (Å²) in [6.45, 7) is 2.73. The molecule has 16 heavy (non-hydrogen) atoms. The average molecular weight is 289 g/mol. The van der Waals surface area contributed by atoms with Gasteiger partial charge in [-0.3, -0.25) is 0 Å². The van der Waals surface area contributed by atoms with Crippen LogP contribution in [0, 0.1) is 6.92 Å². The molecule has 0 aliphatic carbocycles. The second kappa shape index (κ2) is 4.33. The Morgan fingerprint density at radius 1 is 1.38 bits per heavy atom. The van der Waals surface area contributed by atoms with Crippen LogP contribution in [0.3, 0.4) is 0 Å². The standard InChI is InChI=1S/C9H12AsNO5/c1-5-3-4-7(11-6(2)12)8(9(5)13)10(14,15)16/h3-4,13H,1-2H3,(H,11,12)(H2,14,15,16). The van der Waals surface area contributed by atoms with Crippen molar-refractivity contribution < 1.29 is 21.8 Å². The number of aromatic hydroxyl groups is 1. The summed E-state index contributed by atoms with van der Waals surface area (Å²) in [7, 11) is 0. The topological polar surface area (TPSA) is 107 Å². The Hall–Kier alpha value is -1.23. The molecule has 88 valence electrons. The number of hydrogen-bond donors (Lipinski definition) is 4. The molecule has 0 bridgehead atoms. The molecule has 0 fully saturated rings. The van der Waals surface area contributed by atoms with E-state index in [4.69, 9.17) is 8.19 Å². The van der Waals surface area contributed by atoms with Crippen LogP contribution in [0.15, 0.2) is 12.1 Å². The third-order valence-corrected chi connectivity index (χ3v) is 4.13. The van der Waals surface area contributed by atoms with E-state index in [1.165, 1.54) is 26.0 Å². The van der Waals surface area contributed by atoms with Gasteiger partial charge in [-0.25, -0.2) is 0 Å². The fraction of sp³-hybridized carbons (Fsp3) is 0.222. The number of carbonyl (C=O) groups is 1.